The number of nitrogens with one attached hydrogen (secondary N) is 1. The zero-order valence-electron chi connectivity index (χ0n) is 9.68. The Labute approximate surface area is 92.8 Å². The van der Waals surface area contributed by atoms with Crippen molar-refractivity contribution in [3.63, 3.8) is 0 Å². The minimum atomic E-state index is -0.504. The second-order valence-corrected chi connectivity index (χ2v) is 5.34. The summed E-state index contributed by atoms with van der Waals surface area (Å²) in [6.07, 6.45) is 8.81. The lowest BCUT2D eigenvalue weighted by Crippen LogP contribution is -2.19. The molecule has 1 heterocycles. The van der Waals surface area contributed by atoms with Gasteiger partial charge in [-0.25, -0.2) is 4.39 Å². The Balaban J connectivity index is 1.73. The van der Waals surface area contributed by atoms with E-state index >= 15 is 0 Å². The van der Waals surface area contributed by atoms with Crippen molar-refractivity contribution in [2.45, 2.75) is 57.5 Å². The fraction of sp³-hybridized carbons (Fsp3) is 1.00. The van der Waals surface area contributed by atoms with Gasteiger partial charge in [-0.15, -0.1) is 0 Å². The molecule has 2 rings (SSSR count). The van der Waals surface area contributed by atoms with Crippen LogP contribution in [0.2, 0.25) is 0 Å². The van der Waals surface area contributed by atoms with E-state index in [1.54, 1.807) is 0 Å². The number of hydrogen-bond donors (Lipinski definition) is 1. The number of halogens is 1. The quantitative estimate of drug-likeness (QED) is 0.758. The maximum atomic E-state index is 14.0. The molecule has 1 aliphatic carbocycles. The topological polar surface area (TPSA) is 12.0 Å². The van der Waals surface area contributed by atoms with Gasteiger partial charge in [0.1, 0.15) is 6.17 Å². The molecule has 0 spiro atoms. The minimum absolute atomic E-state index is 0.404. The molecule has 0 aromatic heterocycles. The van der Waals surface area contributed by atoms with Crippen molar-refractivity contribution in [3.8, 4) is 0 Å². The highest BCUT2D eigenvalue weighted by Crippen LogP contribution is 2.33. The first-order chi connectivity index (χ1) is 7.36. The van der Waals surface area contributed by atoms with Crippen LogP contribution in [0, 0.1) is 11.8 Å². The molecular weight excluding hydrogens is 189 g/mol. The fourth-order valence-electron chi connectivity index (χ4n) is 3.16. The van der Waals surface area contributed by atoms with Crippen molar-refractivity contribution in [2.75, 3.05) is 13.1 Å². The van der Waals surface area contributed by atoms with E-state index in [1.165, 1.54) is 32.1 Å². The molecule has 1 aliphatic heterocycles. The molecule has 0 bridgehead atoms. The summed E-state index contributed by atoms with van der Waals surface area (Å²) in [7, 11) is 0. The van der Waals surface area contributed by atoms with Gasteiger partial charge < -0.3 is 5.32 Å². The molecular formula is C13H24FN. The van der Waals surface area contributed by atoms with Crippen LogP contribution in [-0.2, 0) is 0 Å². The van der Waals surface area contributed by atoms with Crippen LogP contribution in [0.25, 0.3) is 0 Å². The lowest BCUT2D eigenvalue weighted by atomic mass is 9.89. The predicted octanol–water partition coefficient (Wildman–Crippen LogP) is 3.29. The van der Waals surface area contributed by atoms with E-state index < -0.39 is 6.17 Å². The molecule has 2 atom stereocenters. The van der Waals surface area contributed by atoms with E-state index in [-0.39, 0.29) is 0 Å². The van der Waals surface area contributed by atoms with Gasteiger partial charge in [-0.1, -0.05) is 12.8 Å². The van der Waals surface area contributed by atoms with E-state index in [0.29, 0.717) is 11.8 Å². The maximum Gasteiger partial charge on any atom is 0.103 e. The number of alkyl halides is 1. The Bertz CT molecular complexity index is 169. The van der Waals surface area contributed by atoms with Gasteiger partial charge >= 0.3 is 0 Å². The third-order valence-corrected chi connectivity index (χ3v) is 4.17. The average molecular weight is 213 g/mol. The summed E-state index contributed by atoms with van der Waals surface area (Å²) in [5, 5.41) is 3.40. The molecule has 0 aromatic rings. The highest BCUT2D eigenvalue weighted by molar-refractivity contribution is 4.78. The zero-order chi connectivity index (χ0) is 10.5. The van der Waals surface area contributed by atoms with E-state index in [9.17, 15) is 4.39 Å². The second-order valence-electron chi connectivity index (χ2n) is 5.34. The summed E-state index contributed by atoms with van der Waals surface area (Å²) in [4.78, 5) is 0. The largest absolute Gasteiger partial charge is 0.317 e. The molecule has 1 N–H and O–H groups in total. The Morgan fingerprint density at radius 1 is 1.00 bits per heavy atom. The van der Waals surface area contributed by atoms with Crippen molar-refractivity contribution in [2.24, 2.45) is 11.8 Å². The summed E-state index contributed by atoms with van der Waals surface area (Å²) in [5.74, 6) is 1.05. The fourth-order valence-corrected chi connectivity index (χ4v) is 3.16. The molecule has 2 aliphatic rings. The van der Waals surface area contributed by atoms with Crippen molar-refractivity contribution < 1.29 is 4.39 Å². The summed E-state index contributed by atoms with van der Waals surface area (Å²) in [6, 6.07) is 0. The van der Waals surface area contributed by atoms with Crippen LogP contribution in [0.3, 0.4) is 0 Å². The molecule has 2 unspecified atom stereocenters. The monoisotopic (exact) mass is 213 g/mol. The highest BCUT2D eigenvalue weighted by atomic mass is 19.1. The zero-order valence-corrected chi connectivity index (χ0v) is 9.68. The van der Waals surface area contributed by atoms with E-state index in [0.717, 1.165) is 32.4 Å². The first-order valence-corrected chi connectivity index (χ1v) is 6.71. The smallest absolute Gasteiger partial charge is 0.103 e. The molecule has 1 saturated carbocycles. The Morgan fingerprint density at radius 3 is 2.60 bits per heavy atom. The molecule has 0 aromatic carbocycles. The molecule has 0 radical (unpaired) electrons. The van der Waals surface area contributed by atoms with Gasteiger partial charge in [0.15, 0.2) is 0 Å². The van der Waals surface area contributed by atoms with Gasteiger partial charge in [0, 0.05) is 0 Å². The van der Waals surface area contributed by atoms with Crippen molar-refractivity contribution in [1.82, 2.24) is 5.32 Å². The summed E-state index contributed by atoms with van der Waals surface area (Å²) < 4.78 is 14.0. The first kappa shape index (κ1) is 11.4. The van der Waals surface area contributed by atoms with Crippen LogP contribution in [0.4, 0.5) is 4.39 Å². The Morgan fingerprint density at radius 2 is 1.80 bits per heavy atom. The summed E-state index contributed by atoms with van der Waals surface area (Å²) >= 11 is 0. The molecule has 15 heavy (non-hydrogen) atoms. The molecule has 2 fully saturated rings. The molecule has 2 heteroatoms. The van der Waals surface area contributed by atoms with Crippen molar-refractivity contribution in [1.29, 1.82) is 0 Å². The van der Waals surface area contributed by atoms with Crippen LogP contribution >= 0.6 is 0 Å². The van der Waals surface area contributed by atoms with Crippen LogP contribution in [-0.4, -0.2) is 19.3 Å². The third kappa shape index (κ3) is 3.44. The van der Waals surface area contributed by atoms with E-state index in [4.69, 9.17) is 0 Å². The number of rotatable bonds is 3. The third-order valence-electron chi connectivity index (χ3n) is 4.17. The Hall–Kier alpha value is -0.110. The standard InChI is InChI=1S/C13H24FN/c14-13(12-5-1-2-6-12)10-11-4-3-8-15-9-7-11/h11-13,15H,1-10H2. The van der Waals surface area contributed by atoms with E-state index in [2.05, 4.69) is 5.32 Å². The van der Waals surface area contributed by atoms with Crippen LogP contribution < -0.4 is 5.32 Å². The maximum absolute atomic E-state index is 14.0. The highest BCUT2D eigenvalue weighted by Gasteiger charge is 2.27. The van der Waals surface area contributed by atoms with Gasteiger partial charge in [-0.2, -0.15) is 0 Å². The van der Waals surface area contributed by atoms with Gasteiger partial charge in [0.2, 0.25) is 0 Å². The van der Waals surface area contributed by atoms with Crippen molar-refractivity contribution in [3.05, 3.63) is 0 Å². The van der Waals surface area contributed by atoms with Crippen LogP contribution in [0.15, 0.2) is 0 Å². The molecule has 1 nitrogen and oxygen atoms in total. The van der Waals surface area contributed by atoms with Crippen LogP contribution in [0.5, 0.6) is 0 Å². The molecule has 88 valence electrons. The lowest BCUT2D eigenvalue weighted by Gasteiger charge is -2.20. The molecule has 1 saturated heterocycles. The molecule has 0 amide bonds. The first-order valence-electron chi connectivity index (χ1n) is 6.71. The minimum Gasteiger partial charge on any atom is -0.317 e. The average Bonchev–Trinajstić information content (AvgIpc) is 2.65. The van der Waals surface area contributed by atoms with E-state index in [1.807, 2.05) is 0 Å². The van der Waals surface area contributed by atoms with Gasteiger partial charge in [-0.05, 0) is 63.5 Å². The second kappa shape index (κ2) is 5.83. The van der Waals surface area contributed by atoms with Crippen LogP contribution in [0.1, 0.15) is 51.4 Å². The van der Waals surface area contributed by atoms with Crippen molar-refractivity contribution >= 4 is 0 Å². The normalized spacial score (nSPS) is 31.4. The van der Waals surface area contributed by atoms with Gasteiger partial charge in [0.05, 0.1) is 0 Å². The Kier molecular flexibility index (Phi) is 4.42. The summed E-state index contributed by atoms with van der Waals surface area (Å²) in [5.41, 5.74) is 0. The number of hydrogen-bond acceptors (Lipinski definition) is 1. The van der Waals surface area contributed by atoms with Gasteiger partial charge in [0.25, 0.3) is 0 Å². The van der Waals surface area contributed by atoms with Gasteiger partial charge in [-0.3, -0.25) is 0 Å². The lowest BCUT2D eigenvalue weighted by molar-refractivity contribution is 0.182. The SMILES string of the molecule is FC(CC1CCCNCC1)C1CCCC1. The summed E-state index contributed by atoms with van der Waals surface area (Å²) in [6.45, 7) is 2.24. The predicted molar refractivity (Wildman–Crippen MR) is 61.7 cm³/mol.